The van der Waals surface area contributed by atoms with Crippen molar-refractivity contribution in [2.45, 2.75) is 5.51 Å². The molecule has 0 spiro atoms. The van der Waals surface area contributed by atoms with Crippen LogP contribution >= 0.6 is 0 Å². The Morgan fingerprint density at radius 2 is 0.933 bits per heavy atom. The molecular formula is CHF9MoO3S. The zero-order valence-corrected chi connectivity index (χ0v) is 8.81. The second kappa shape index (κ2) is 3.23. The fourth-order valence-electron chi connectivity index (χ4n) is 0. The Kier molecular flexibility index (Phi) is 3.74. The Morgan fingerprint density at radius 3 is 0.933 bits per heavy atom. The molecule has 0 rings (SSSR count). The quantitative estimate of drug-likeness (QED) is 0.313. The number of rotatable bonds is 0. The summed E-state index contributed by atoms with van der Waals surface area (Å²) < 4.78 is 117. The van der Waals surface area contributed by atoms with Crippen molar-refractivity contribution in [3.05, 3.63) is 0 Å². The molecule has 0 aromatic rings. The van der Waals surface area contributed by atoms with Crippen LogP contribution in [0.5, 0.6) is 0 Å². The summed E-state index contributed by atoms with van der Waals surface area (Å²) in [6.07, 6.45) is 0. The van der Waals surface area contributed by atoms with E-state index in [2.05, 4.69) is 0 Å². The Morgan fingerprint density at radius 1 is 0.867 bits per heavy atom. The van der Waals surface area contributed by atoms with E-state index in [-0.39, 0.29) is 0 Å². The first-order chi connectivity index (χ1) is 5.70. The predicted molar refractivity (Wildman–Crippen MR) is 24.3 cm³/mol. The third kappa shape index (κ3) is 24.9. The summed E-state index contributed by atoms with van der Waals surface area (Å²) in [7, 11) is -5.84. The average Bonchev–Trinajstić information content (AvgIpc) is 1.45. The van der Waals surface area contributed by atoms with E-state index >= 15 is 0 Å². The van der Waals surface area contributed by atoms with Gasteiger partial charge in [-0.15, -0.1) is 0 Å². The molecule has 0 atom stereocenters. The monoisotopic (exact) mass is 362 g/mol. The average molecular weight is 360 g/mol. The van der Waals surface area contributed by atoms with Gasteiger partial charge in [-0.1, -0.05) is 0 Å². The van der Waals surface area contributed by atoms with Gasteiger partial charge in [-0.3, -0.25) is 4.55 Å². The van der Waals surface area contributed by atoms with Gasteiger partial charge < -0.3 is 0 Å². The van der Waals surface area contributed by atoms with Crippen LogP contribution in [0.4, 0.5) is 32.1 Å². The number of alkyl halides is 3. The van der Waals surface area contributed by atoms with Crippen LogP contribution in [-0.4, -0.2) is 18.5 Å². The Labute approximate surface area is 78.0 Å². The Bertz CT molecular complexity index is 303. The van der Waals surface area contributed by atoms with E-state index in [9.17, 15) is 32.1 Å². The van der Waals surface area contributed by atoms with Crippen molar-refractivity contribution in [1.29, 1.82) is 0 Å². The van der Waals surface area contributed by atoms with Crippen molar-refractivity contribution in [3.63, 3.8) is 0 Å². The van der Waals surface area contributed by atoms with Crippen LogP contribution in [0.3, 0.4) is 0 Å². The van der Waals surface area contributed by atoms with Crippen LogP contribution in [0.25, 0.3) is 0 Å². The summed E-state index contributed by atoms with van der Waals surface area (Å²) in [6, 6.07) is 0. The maximum absolute atomic E-state index is 11.2. The molecule has 0 saturated carbocycles. The molecule has 0 fully saturated rings. The molecule has 0 unspecified atom stereocenters. The van der Waals surface area contributed by atoms with Gasteiger partial charge in [0.1, 0.15) is 0 Å². The topological polar surface area (TPSA) is 54.4 Å². The molecule has 0 radical (unpaired) electrons. The molecule has 0 aliphatic carbocycles. The fraction of sp³-hybridized carbons (Fsp3) is 1.00. The van der Waals surface area contributed by atoms with Crippen LogP contribution in [0.15, 0.2) is 0 Å². The van der Waals surface area contributed by atoms with Crippen molar-refractivity contribution < 1.29 is 61.8 Å². The van der Waals surface area contributed by atoms with E-state index in [0.717, 1.165) is 0 Å². The van der Waals surface area contributed by atoms with E-state index in [1.54, 1.807) is 0 Å². The minimum atomic E-state index is -11.2. The normalized spacial score (nSPS) is 18.3. The summed E-state index contributed by atoms with van der Waals surface area (Å²) in [5, 5.41) is 0. The van der Waals surface area contributed by atoms with Gasteiger partial charge in [0.15, 0.2) is 0 Å². The van der Waals surface area contributed by atoms with Crippen molar-refractivity contribution in [2.24, 2.45) is 0 Å². The molecule has 98 valence electrons. The SMILES string of the molecule is O=S(=O)(O)C(F)(F)F.[F][Mo]([F])([F])([F])([F])[F]. The molecule has 0 aliphatic rings. The molecule has 0 bridgehead atoms. The van der Waals surface area contributed by atoms with Gasteiger partial charge >= 0.3 is 51.3 Å². The Hall–Kier alpha value is -0.0317. The summed E-state index contributed by atoms with van der Waals surface area (Å²) in [6.45, 7) is 0. The van der Waals surface area contributed by atoms with Crippen LogP contribution < -0.4 is 0 Å². The second-order valence-corrected chi connectivity index (χ2v) is 7.51. The summed E-state index contributed by atoms with van der Waals surface area (Å²) in [5.74, 6) is 0. The molecule has 3 nitrogen and oxygen atoms in total. The molecule has 0 aliphatic heterocycles. The number of hydrogen-bond donors (Lipinski definition) is 1. The van der Waals surface area contributed by atoms with E-state index in [0.29, 0.717) is 0 Å². The van der Waals surface area contributed by atoms with Gasteiger partial charge in [-0.05, 0) is 0 Å². The Balaban J connectivity index is 0. The van der Waals surface area contributed by atoms with E-state index in [1.807, 2.05) is 0 Å². The van der Waals surface area contributed by atoms with Gasteiger partial charge in [0.25, 0.3) is 0 Å². The standard InChI is InChI=1S/CHF3O3S.6FH.Mo/c2-1(3,4)8(5,6)7;;;;;;;/h(H,5,6,7);6*1H;/q;;;;;;;+6/p-6. The van der Waals surface area contributed by atoms with Crippen LogP contribution in [0.2, 0.25) is 0 Å². The molecule has 0 heterocycles. The first-order valence-corrected chi connectivity index (χ1v) is 8.20. The van der Waals surface area contributed by atoms with Gasteiger partial charge in [0.05, 0.1) is 0 Å². The maximum atomic E-state index is 10.7. The number of halogens is 9. The predicted octanol–water partition coefficient (Wildman–Crippen LogP) is 2.91. The van der Waals surface area contributed by atoms with Crippen molar-refractivity contribution in [3.8, 4) is 0 Å². The molecule has 0 amide bonds. The zero-order valence-electron chi connectivity index (χ0n) is 5.98. The zero-order chi connectivity index (χ0) is 13.4. The molecule has 0 aromatic heterocycles. The summed E-state index contributed by atoms with van der Waals surface area (Å²) >= 11 is -11.2. The second-order valence-electron chi connectivity index (χ2n) is 1.80. The van der Waals surface area contributed by atoms with Crippen LogP contribution in [0, 0.1) is 0 Å². The van der Waals surface area contributed by atoms with Gasteiger partial charge in [-0.2, -0.15) is 21.6 Å². The third-order valence-electron chi connectivity index (χ3n) is 0.292. The van der Waals surface area contributed by atoms with Gasteiger partial charge in [0.2, 0.25) is 0 Å². The molecule has 0 saturated heterocycles. The first-order valence-electron chi connectivity index (χ1n) is 2.21. The molecular weight excluding hydrogens is 359 g/mol. The minimum absolute atomic E-state index is 5.53. The molecule has 15 heavy (non-hydrogen) atoms. The molecule has 14 heteroatoms. The van der Waals surface area contributed by atoms with Crippen molar-refractivity contribution >= 4 is 10.1 Å². The van der Waals surface area contributed by atoms with E-state index in [4.69, 9.17) is 13.0 Å². The molecule has 0 aromatic carbocycles. The molecule has 1 N–H and O–H groups in total. The summed E-state index contributed by atoms with van der Waals surface area (Å²) in [5.41, 5.74) is -5.53. The van der Waals surface area contributed by atoms with Crippen molar-refractivity contribution in [2.75, 3.05) is 0 Å². The van der Waals surface area contributed by atoms with Crippen LogP contribution in [-0.2, 0) is 26.8 Å². The van der Waals surface area contributed by atoms with Crippen molar-refractivity contribution in [1.82, 2.24) is 0 Å². The first kappa shape index (κ1) is 17.4. The van der Waals surface area contributed by atoms with Gasteiger partial charge in [-0.25, -0.2) is 0 Å². The van der Waals surface area contributed by atoms with Crippen LogP contribution in [0.1, 0.15) is 0 Å². The van der Waals surface area contributed by atoms with E-state index < -0.39 is 32.3 Å². The fourth-order valence-corrected chi connectivity index (χ4v) is 0. The van der Waals surface area contributed by atoms with E-state index in [1.165, 1.54) is 0 Å². The van der Waals surface area contributed by atoms with Gasteiger partial charge in [0, 0.05) is 0 Å². The summed E-state index contributed by atoms with van der Waals surface area (Å²) in [4.78, 5) is 0. The number of hydrogen-bond acceptors (Lipinski definition) is 2. The third-order valence-corrected chi connectivity index (χ3v) is 0.877.